The van der Waals surface area contributed by atoms with Crippen molar-refractivity contribution >= 4 is 16.7 Å². The molecule has 0 aliphatic carbocycles. The first-order valence-electron chi connectivity index (χ1n) is 6.35. The predicted molar refractivity (Wildman–Crippen MR) is 73.9 cm³/mol. The van der Waals surface area contributed by atoms with Crippen molar-refractivity contribution in [3.05, 3.63) is 47.5 Å². The zero-order chi connectivity index (χ0) is 13.0. The van der Waals surface area contributed by atoms with Gasteiger partial charge in [0.15, 0.2) is 0 Å². The van der Waals surface area contributed by atoms with Crippen LogP contribution in [-0.4, -0.2) is 13.1 Å². The van der Waals surface area contributed by atoms with Crippen LogP contribution in [0.5, 0.6) is 0 Å². The number of benzene rings is 2. The molecule has 18 heavy (non-hydrogen) atoms. The number of unbranched alkanes of at least 4 members (excludes halogenated alkanes) is 1. The summed E-state index contributed by atoms with van der Waals surface area (Å²) in [5.41, 5.74) is 1.96. The summed E-state index contributed by atoms with van der Waals surface area (Å²) in [4.78, 5) is 11.4. The molecular formula is C16H18O2. The molecule has 0 aliphatic heterocycles. The molecule has 0 heterocycles. The molecule has 0 fully saturated rings. The quantitative estimate of drug-likeness (QED) is 0.758. The zero-order valence-electron chi connectivity index (χ0n) is 10.9. The van der Waals surface area contributed by atoms with Crippen LogP contribution in [0.1, 0.15) is 35.7 Å². The van der Waals surface area contributed by atoms with Gasteiger partial charge in [0.2, 0.25) is 0 Å². The van der Waals surface area contributed by atoms with Gasteiger partial charge in [-0.3, -0.25) is 0 Å². The van der Waals surface area contributed by atoms with E-state index in [9.17, 15) is 4.79 Å². The lowest BCUT2D eigenvalue weighted by molar-refractivity contribution is 0.0601. The summed E-state index contributed by atoms with van der Waals surface area (Å²) in [6.07, 6.45) is 3.54. The second-order valence-electron chi connectivity index (χ2n) is 4.49. The fourth-order valence-corrected chi connectivity index (χ4v) is 2.08. The van der Waals surface area contributed by atoms with E-state index in [2.05, 4.69) is 25.1 Å². The number of hydrogen-bond acceptors (Lipinski definition) is 2. The maximum absolute atomic E-state index is 11.4. The van der Waals surface area contributed by atoms with Gasteiger partial charge >= 0.3 is 5.97 Å². The van der Waals surface area contributed by atoms with Crippen molar-refractivity contribution in [2.45, 2.75) is 26.2 Å². The average molecular weight is 242 g/mol. The molecule has 0 aliphatic rings. The molecule has 94 valence electrons. The number of carbonyl (C=O) groups excluding carboxylic acids is 1. The molecule has 0 spiro atoms. The van der Waals surface area contributed by atoms with Gasteiger partial charge in [0.05, 0.1) is 12.7 Å². The van der Waals surface area contributed by atoms with Crippen LogP contribution >= 0.6 is 0 Å². The minimum atomic E-state index is -0.285. The fourth-order valence-electron chi connectivity index (χ4n) is 2.08. The first-order chi connectivity index (χ1) is 8.74. The van der Waals surface area contributed by atoms with Crippen molar-refractivity contribution in [2.24, 2.45) is 0 Å². The number of hydrogen-bond donors (Lipinski definition) is 0. The van der Waals surface area contributed by atoms with Crippen LogP contribution in [0.25, 0.3) is 10.8 Å². The Labute approximate surface area is 108 Å². The number of esters is 1. The molecule has 0 aromatic heterocycles. The Hall–Kier alpha value is -1.83. The monoisotopic (exact) mass is 242 g/mol. The van der Waals surface area contributed by atoms with Crippen LogP contribution in [0.15, 0.2) is 36.4 Å². The van der Waals surface area contributed by atoms with Gasteiger partial charge < -0.3 is 4.74 Å². The van der Waals surface area contributed by atoms with Crippen molar-refractivity contribution in [1.29, 1.82) is 0 Å². The Balaban J connectivity index is 2.33. The standard InChI is InChI=1S/C16H18O2/c1-3-4-5-12-6-7-14-11-15(16(17)18-2)9-8-13(14)10-12/h6-11H,3-5H2,1-2H3. The molecule has 2 rings (SSSR count). The van der Waals surface area contributed by atoms with Crippen molar-refractivity contribution in [1.82, 2.24) is 0 Å². The van der Waals surface area contributed by atoms with E-state index in [-0.39, 0.29) is 5.97 Å². The lowest BCUT2D eigenvalue weighted by Gasteiger charge is -2.05. The molecule has 2 nitrogen and oxygen atoms in total. The molecule has 0 atom stereocenters. The lowest BCUT2D eigenvalue weighted by Crippen LogP contribution is -2.00. The number of aryl methyl sites for hydroxylation is 1. The topological polar surface area (TPSA) is 26.3 Å². The molecule has 0 N–H and O–H groups in total. The highest BCUT2D eigenvalue weighted by Crippen LogP contribution is 2.19. The highest BCUT2D eigenvalue weighted by molar-refractivity contribution is 5.95. The summed E-state index contributed by atoms with van der Waals surface area (Å²) in [7, 11) is 1.40. The van der Waals surface area contributed by atoms with Crippen LogP contribution in [-0.2, 0) is 11.2 Å². The summed E-state index contributed by atoms with van der Waals surface area (Å²) in [5.74, 6) is -0.285. The maximum atomic E-state index is 11.4. The molecule has 0 radical (unpaired) electrons. The number of carbonyl (C=O) groups is 1. The maximum Gasteiger partial charge on any atom is 0.337 e. The predicted octanol–water partition coefficient (Wildman–Crippen LogP) is 3.97. The van der Waals surface area contributed by atoms with Gasteiger partial charge in [-0.25, -0.2) is 4.79 Å². The summed E-state index contributed by atoms with van der Waals surface area (Å²) in [5, 5.41) is 2.26. The number of rotatable bonds is 4. The van der Waals surface area contributed by atoms with E-state index in [0.29, 0.717) is 5.56 Å². The highest BCUT2D eigenvalue weighted by Gasteiger charge is 2.05. The van der Waals surface area contributed by atoms with Crippen LogP contribution in [0.2, 0.25) is 0 Å². The van der Waals surface area contributed by atoms with Crippen LogP contribution in [0.3, 0.4) is 0 Å². The van der Waals surface area contributed by atoms with E-state index in [1.807, 2.05) is 18.2 Å². The van der Waals surface area contributed by atoms with Crippen molar-refractivity contribution in [2.75, 3.05) is 7.11 Å². The van der Waals surface area contributed by atoms with Gasteiger partial charge in [0, 0.05) is 0 Å². The molecule has 2 heteroatoms. The van der Waals surface area contributed by atoms with Crippen LogP contribution < -0.4 is 0 Å². The van der Waals surface area contributed by atoms with Gasteiger partial charge in [-0.2, -0.15) is 0 Å². The second-order valence-corrected chi connectivity index (χ2v) is 4.49. The molecule has 2 aromatic rings. The molecule has 0 amide bonds. The molecular weight excluding hydrogens is 224 g/mol. The van der Waals surface area contributed by atoms with Crippen molar-refractivity contribution < 1.29 is 9.53 Å². The van der Waals surface area contributed by atoms with Crippen molar-refractivity contribution in [3.8, 4) is 0 Å². The Bertz CT molecular complexity index is 558. The Morgan fingerprint density at radius 3 is 2.56 bits per heavy atom. The van der Waals surface area contributed by atoms with Crippen molar-refractivity contribution in [3.63, 3.8) is 0 Å². The van der Waals surface area contributed by atoms with E-state index in [0.717, 1.165) is 11.8 Å². The summed E-state index contributed by atoms with van der Waals surface area (Å²) in [6.45, 7) is 2.20. The van der Waals surface area contributed by atoms with Gasteiger partial charge in [-0.1, -0.05) is 37.6 Å². The van der Waals surface area contributed by atoms with Gasteiger partial charge in [-0.15, -0.1) is 0 Å². The number of fused-ring (bicyclic) bond motifs is 1. The van der Waals surface area contributed by atoms with Crippen LogP contribution in [0, 0.1) is 0 Å². The SMILES string of the molecule is CCCCc1ccc2cc(C(=O)OC)ccc2c1. The molecule has 2 aromatic carbocycles. The second kappa shape index (κ2) is 5.67. The number of ether oxygens (including phenoxy) is 1. The average Bonchev–Trinajstić information content (AvgIpc) is 2.43. The van der Waals surface area contributed by atoms with E-state index < -0.39 is 0 Å². The fraction of sp³-hybridized carbons (Fsp3) is 0.312. The van der Waals surface area contributed by atoms with E-state index >= 15 is 0 Å². The number of methoxy groups -OCH3 is 1. The minimum Gasteiger partial charge on any atom is -0.465 e. The first kappa shape index (κ1) is 12.6. The third kappa shape index (κ3) is 2.70. The van der Waals surface area contributed by atoms with Gasteiger partial charge in [-0.05, 0) is 41.3 Å². The molecule has 0 bridgehead atoms. The molecule has 0 saturated heterocycles. The minimum absolute atomic E-state index is 0.285. The Morgan fingerprint density at radius 1 is 1.11 bits per heavy atom. The Morgan fingerprint density at radius 2 is 1.83 bits per heavy atom. The Kier molecular flexibility index (Phi) is 3.98. The normalized spacial score (nSPS) is 10.6. The van der Waals surface area contributed by atoms with E-state index in [1.54, 1.807) is 0 Å². The van der Waals surface area contributed by atoms with Gasteiger partial charge in [0.1, 0.15) is 0 Å². The lowest BCUT2D eigenvalue weighted by atomic mass is 10.0. The zero-order valence-corrected chi connectivity index (χ0v) is 10.9. The highest BCUT2D eigenvalue weighted by atomic mass is 16.5. The molecule has 0 unspecified atom stereocenters. The van der Waals surface area contributed by atoms with Crippen LogP contribution in [0.4, 0.5) is 0 Å². The smallest absolute Gasteiger partial charge is 0.337 e. The molecule has 0 saturated carbocycles. The summed E-state index contributed by atoms with van der Waals surface area (Å²) in [6, 6.07) is 12.1. The third-order valence-electron chi connectivity index (χ3n) is 3.14. The first-order valence-corrected chi connectivity index (χ1v) is 6.35. The van der Waals surface area contributed by atoms with Gasteiger partial charge in [0.25, 0.3) is 0 Å². The van der Waals surface area contributed by atoms with E-state index in [1.165, 1.54) is 30.9 Å². The summed E-state index contributed by atoms with van der Waals surface area (Å²) < 4.78 is 4.72. The van der Waals surface area contributed by atoms with E-state index in [4.69, 9.17) is 4.74 Å². The summed E-state index contributed by atoms with van der Waals surface area (Å²) >= 11 is 0. The largest absolute Gasteiger partial charge is 0.465 e. The third-order valence-corrected chi connectivity index (χ3v) is 3.14.